The molecule has 21 heavy (non-hydrogen) atoms. The van der Waals surface area contributed by atoms with Crippen molar-refractivity contribution in [3.8, 4) is 5.75 Å². The van der Waals surface area contributed by atoms with E-state index in [-0.39, 0.29) is 12.5 Å². The Kier molecular flexibility index (Phi) is 4.20. The highest BCUT2D eigenvalue weighted by Crippen LogP contribution is 2.26. The molecule has 0 aromatic heterocycles. The Hall–Kier alpha value is -2.29. The van der Waals surface area contributed by atoms with Gasteiger partial charge in [0.25, 0.3) is 5.91 Å². The zero-order chi connectivity index (χ0) is 14.5. The van der Waals surface area contributed by atoms with Gasteiger partial charge >= 0.3 is 0 Å². The topological polar surface area (TPSA) is 29.5 Å². The minimum absolute atomic E-state index is 0.0669. The Morgan fingerprint density at radius 3 is 2.43 bits per heavy atom. The summed E-state index contributed by atoms with van der Waals surface area (Å²) in [6, 6.07) is 19.9. The van der Waals surface area contributed by atoms with Crippen molar-refractivity contribution in [3.05, 3.63) is 66.2 Å². The van der Waals surface area contributed by atoms with Crippen molar-refractivity contribution in [1.82, 2.24) is 4.90 Å². The maximum absolute atomic E-state index is 12.2. The van der Waals surface area contributed by atoms with Crippen molar-refractivity contribution >= 4 is 5.91 Å². The molecular weight excluding hydrogens is 262 g/mol. The SMILES string of the molecule is O=C(COc1ccccc1)N1CCC(c2ccccc2)C1. The molecule has 0 spiro atoms. The molecular formula is C18H19NO2. The van der Waals surface area contributed by atoms with Gasteiger partial charge in [0.1, 0.15) is 5.75 Å². The van der Waals surface area contributed by atoms with Crippen LogP contribution in [0.5, 0.6) is 5.75 Å². The average molecular weight is 281 g/mol. The summed E-state index contributed by atoms with van der Waals surface area (Å²) in [6.07, 6.45) is 1.03. The van der Waals surface area contributed by atoms with Gasteiger partial charge in [-0.1, -0.05) is 48.5 Å². The van der Waals surface area contributed by atoms with Crippen LogP contribution < -0.4 is 4.74 Å². The molecule has 0 radical (unpaired) electrons. The molecule has 2 aromatic rings. The monoisotopic (exact) mass is 281 g/mol. The van der Waals surface area contributed by atoms with E-state index in [1.807, 2.05) is 41.3 Å². The Balaban J connectivity index is 1.53. The molecule has 1 saturated heterocycles. The molecule has 0 aliphatic carbocycles. The van der Waals surface area contributed by atoms with Gasteiger partial charge in [0.15, 0.2) is 6.61 Å². The molecule has 1 heterocycles. The van der Waals surface area contributed by atoms with Gasteiger partial charge in [-0.3, -0.25) is 4.79 Å². The number of carbonyl (C=O) groups excluding carboxylic acids is 1. The maximum Gasteiger partial charge on any atom is 0.260 e. The number of hydrogen-bond donors (Lipinski definition) is 0. The number of amides is 1. The van der Waals surface area contributed by atoms with E-state index < -0.39 is 0 Å². The second-order valence-electron chi connectivity index (χ2n) is 5.34. The highest BCUT2D eigenvalue weighted by atomic mass is 16.5. The fourth-order valence-electron chi connectivity index (χ4n) is 2.74. The van der Waals surface area contributed by atoms with E-state index in [9.17, 15) is 4.79 Å². The highest BCUT2D eigenvalue weighted by molar-refractivity contribution is 5.78. The summed E-state index contributed by atoms with van der Waals surface area (Å²) in [5.41, 5.74) is 1.32. The number of likely N-dealkylation sites (tertiary alicyclic amines) is 1. The first-order valence-electron chi connectivity index (χ1n) is 7.33. The summed E-state index contributed by atoms with van der Waals surface area (Å²) in [5, 5.41) is 0. The summed E-state index contributed by atoms with van der Waals surface area (Å²) < 4.78 is 5.53. The van der Waals surface area contributed by atoms with Crippen LogP contribution in [0.15, 0.2) is 60.7 Å². The van der Waals surface area contributed by atoms with E-state index in [4.69, 9.17) is 4.74 Å². The molecule has 108 valence electrons. The van der Waals surface area contributed by atoms with E-state index in [2.05, 4.69) is 24.3 Å². The van der Waals surface area contributed by atoms with Crippen LogP contribution in [0.4, 0.5) is 0 Å². The number of carbonyl (C=O) groups is 1. The largest absolute Gasteiger partial charge is 0.484 e. The van der Waals surface area contributed by atoms with Crippen LogP contribution in [0.25, 0.3) is 0 Å². The third kappa shape index (κ3) is 3.43. The van der Waals surface area contributed by atoms with Gasteiger partial charge in [0.05, 0.1) is 0 Å². The first-order chi connectivity index (χ1) is 10.3. The zero-order valence-electron chi connectivity index (χ0n) is 11.9. The van der Waals surface area contributed by atoms with Gasteiger partial charge in [-0.05, 0) is 24.1 Å². The van der Waals surface area contributed by atoms with Crippen LogP contribution in [0.2, 0.25) is 0 Å². The van der Waals surface area contributed by atoms with Gasteiger partial charge in [0, 0.05) is 19.0 Å². The molecule has 2 aromatic carbocycles. The lowest BCUT2D eigenvalue weighted by Gasteiger charge is -2.17. The summed E-state index contributed by atoms with van der Waals surface area (Å²) >= 11 is 0. The Morgan fingerprint density at radius 2 is 1.71 bits per heavy atom. The van der Waals surface area contributed by atoms with E-state index in [1.165, 1.54) is 5.56 Å². The minimum atomic E-state index is 0.0669. The molecule has 1 amide bonds. The van der Waals surface area contributed by atoms with Crippen LogP contribution in [0.1, 0.15) is 17.9 Å². The number of benzene rings is 2. The number of nitrogens with zero attached hydrogens (tertiary/aromatic N) is 1. The number of hydrogen-bond acceptors (Lipinski definition) is 2. The smallest absolute Gasteiger partial charge is 0.260 e. The molecule has 3 heteroatoms. The first kappa shape index (κ1) is 13.7. The van der Waals surface area contributed by atoms with Crippen molar-refractivity contribution in [2.75, 3.05) is 19.7 Å². The van der Waals surface area contributed by atoms with Crippen molar-refractivity contribution < 1.29 is 9.53 Å². The molecule has 3 nitrogen and oxygen atoms in total. The van der Waals surface area contributed by atoms with Gasteiger partial charge in [-0.15, -0.1) is 0 Å². The zero-order valence-corrected chi connectivity index (χ0v) is 11.9. The number of ether oxygens (including phenoxy) is 1. The molecule has 3 rings (SSSR count). The normalized spacial score (nSPS) is 17.7. The Morgan fingerprint density at radius 1 is 1.05 bits per heavy atom. The van der Waals surface area contributed by atoms with Gasteiger partial charge < -0.3 is 9.64 Å². The molecule has 1 aliphatic rings. The van der Waals surface area contributed by atoms with Crippen molar-refractivity contribution in [2.45, 2.75) is 12.3 Å². The Bertz CT molecular complexity index is 583. The lowest BCUT2D eigenvalue weighted by molar-refractivity contribution is -0.132. The van der Waals surface area contributed by atoms with Crippen LogP contribution in [-0.4, -0.2) is 30.5 Å². The fourth-order valence-corrected chi connectivity index (χ4v) is 2.74. The van der Waals surface area contributed by atoms with E-state index >= 15 is 0 Å². The minimum Gasteiger partial charge on any atom is -0.484 e. The van der Waals surface area contributed by atoms with Gasteiger partial charge in [-0.2, -0.15) is 0 Å². The molecule has 0 bridgehead atoms. The summed E-state index contributed by atoms with van der Waals surface area (Å²) in [6.45, 7) is 1.73. The van der Waals surface area contributed by atoms with Crippen LogP contribution in [-0.2, 0) is 4.79 Å². The van der Waals surface area contributed by atoms with Crippen LogP contribution in [0.3, 0.4) is 0 Å². The quantitative estimate of drug-likeness (QED) is 0.862. The third-order valence-corrected chi connectivity index (χ3v) is 3.92. The van der Waals surface area contributed by atoms with Crippen LogP contribution in [0, 0.1) is 0 Å². The molecule has 0 N–H and O–H groups in total. The summed E-state index contributed by atoms with van der Waals surface area (Å²) in [5.74, 6) is 1.26. The highest BCUT2D eigenvalue weighted by Gasteiger charge is 2.27. The third-order valence-electron chi connectivity index (χ3n) is 3.92. The second-order valence-corrected chi connectivity index (χ2v) is 5.34. The van der Waals surface area contributed by atoms with Crippen molar-refractivity contribution in [3.63, 3.8) is 0 Å². The van der Waals surface area contributed by atoms with Gasteiger partial charge in [0.2, 0.25) is 0 Å². The van der Waals surface area contributed by atoms with E-state index in [1.54, 1.807) is 0 Å². The van der Waals surface area contributed by atoms with Crippen molar-refractivity contribution in [2.24, 2.45) is 0 Å². The maximum atomic E-state index is 12.2. The molecule has 0 saturated carbocycles. The second kappa shape index (κ2) is 6.44. The summed E-state index contributed by atoms with van der Waals surface area (Å²) in [4.78, 5) is 14.1. The summed E-state index contributed by atoms with van der Waals surface area (Å²) in [7, 11) is 0. The fraction of sp³-hybridized carbons (Fsp3) is 0.278. The lowest BCUT2D eigenvalue weighted by atomic mass is 9.99. The average Bonchev–Trinajstić information content (AvgIpc) is 3.04. The van der Waals surface area contributed by atoms with Crippen LogP contribution >= 0.6 is 0 Å². The van der Waals surface area contributed by atoms with Gasteiger partial charge in [-0.25, -0.2) is 0 Å². The lowest BCUT2D eigenvalue weighted by Crippen LogP contribution is -2.32. The molecule has 1 aliphatic heterocycles. The Labute approximate surface area is 125 Å². The molecule has 1 fully saturated rings. The van der Waals surface area contributed by atoms with E-state index in [0.717, 1.165) is 25.3 Å². The predicted molar refractivity (Wildman–Crippen MR) is 82.3 cm³/mol. The number of rotatable bonds is 4. The van der Waals surface area contributed by atoms with Crippen molar-refractivity contribution in [1.29, 1.82) is 0 Å². The first-order valence-corrected chi connectivity index (χ1v) is 7.33. The predicted octanol–water partition coefficient (Wildman–Crippen LogP) is 3.08. The molecule has 1 atom stereocenters. The standard InChI is InChI=1S/C18H19NO2/c20-18(14-21-17-9-5-2-6-10-17)19-12-11-16(13-19)15-7-3-1-4-8-15/h1-10,16H,11-14H2. The molecule has 1 unspecified atom stereocenters. The number of para-hydroxylation sites is 1. The van der Waals surface area contributed by atoms with E-state index in [0.29, 0.717) is 5.92 Å².